The topological polar surface area (TPSA) is 63.7 Å². The smallest absolute Gasteiger partial charge is 0.321 e. The first-order valence-electron chi connectivity index (χ1n) is 4.47. The van der Waals surface area contributed by atoms with Gasteiger partial charge in [-0.1, -0.05) is 0 Å². The van der Waals surface area contributed by atoms with E-state index in [1.54, 1.807) is 13.8 Å². The summed E-state index contributed by atoms with van der Waals surface area (Å²) in [7, 11) is -2.26. The summed E-state index contributed by atoms with van der Waals surface area (Å²) in [5.41, 5.74) is 0. The molecule has 0 aliphatic heterocycles. The zero-order valence-corrected chi connectivity index (χ0v) is 10.6. The molecule has 5 nitrogen and oxygen atoms in total. The van der Waals surface area contributed by atoms with Gasteiger partial charge >= 0.3 is 5.97 Å². The van der Waals surface area contributed by atoms with E-state index in [9.17, 15) is 13.2 Å². The molecule has 0 atom stereocenters. The van der Waals surface area contributed by atoms with E-state index in [1.165, 1.54) is 7.11 Å². The molecular weight excluding hydrogens is 242 g/mol. The predicted octanol–water partition coefficient (Wildman–Crippen LogP) is 0.438. The lowest BCUT2D eigenvalue weighted by atomic mass is 10.4. The molecule has 0 radical (unpaired) electrons. The molecule has 0 aromatic heterocycles. The number of alkyl halides is 1. The molecular formula is C8H16ClNO4S. The molecule has 0 fully saturated rings. The second-order valence-electron chi connectivity index (χ2n) is 3.22. The molecule has 0 aromatic rings. The minimum atomic E-state index is -3.48. The van der Waals surface area contributed by atoms with Crippen molar-refractivity contribution in [3.63, 3.8) is 0 Å². The maximum Gasteiger partial charge on any atom is 0.321 e. The standard InChI is InChI=1S/C8H16ClNO4S/c1-7(2)10(6-8(11)14-3)15(12,13)5-4-9/h7H,4-6H2,1-3H3. The van der Waals surface area contributed by atoms with Crippen LogP contribution in [0, 0.1) is 0 Å². The predicted molar refractivity (Wildman–Crippen MR) is 58.4 cm³/mol. The lowest BCUT2D eigenvalue weighted by Gasteiger charge is -2.24. The number of hydrogen-bond acceptors (Lipinski definition) is 4. The number of ether oxygens (including phenoxy) is 1. The van der Waals surface area contributed by atoms with Crippen LogP contribution >= 0.6 is 11.6 Å². The summed E-state index contributed by atoms with van der Waals surface area (Å²) >= 11 is 5.38. The molecule has 0 N–H and O–H groups in total. The van der Waals surface area contributed by atoms with Crippen molar-refractivity contribution in [1.29, 1.82) is 0 Å². The van der Waals surface area contributed by atoms with Gasteiger partial charge in [0, 0.05) is 11.9 Å². The van der Waals surface area contributed by atoms with Crippen molar-refractivity contribution in [3.05, 3.63) is 0 Å². The summed E-state index contributed by atoms with van der Waals surface area (Å²) < 4.78 is 28.8. The van der Waals surface area contributed by atoms with E-state index >= 15 is 0 Å². The van der Waals surface area contributed by atoms with Crippen LogP contribution in [0.1, 0.15) is 13.8 Å². The van der Waals surface area contributed by atoms with E-state index in [0.29, 0.717) is 0 Å². The molecule has 0 unspecified atom stereocenters. The van der Waals surface area contributed by atoms with E-state index in [0.717, 1.165) is 4.31 Å². The number of carbonyl (C=O) groups is 1. The highest BCUT2D eigenvalue weighted by Gasteiger charge is 2.26. The van der Waals surface area contributed by atoms with Crippen molar-refractivity contribution in [1.82, 2.24) is 4.31 Å². The summed E-state index contributed by atoms with van der Waals surface area (Å²) in [5, 5.41) is 0. The van der Waals surface area contributed by atoms with Crippen LogP contribution in [-0.2, 0) is 19.6 Å². The molecule has 0 rings (SSSR count). The summed E-state index contributed by atoms with van der Waals surface area (Å²) in [5.74, 6) is -0.752. The number of rotatable bonds is 6. The molecule has 7 heteroatoms. The van der Waals surface area contributed by atoms with Crippen LogP contribution in [-0.4, -0.2) is 50.0 Å². The summed E-state index contributed by atoms with van der Waals surface area (Å²) in [6.07, 6.45) is 0. The van der Waals surface area contributed by atoms with Gasteiger partial charge in [-0.25, -0.2) is 8.42 Å². The molecule has 0 aromatic carbocycles. The third kappa shape index (κ3) is 4.81. The molecule has 15 heavy (non-hydrogen) atoms. The lowest BCUT2D eigenvalue weighted by Crippen LogP contribution is -2.42. The Morgan fingerprint density at radius 3 is 2.33 bits per heavy atom. The highest BCUT2D eigenvalue weighted by atomic mass is 35.5. The molecule has 0 spiro atoms. The Kier molecular flexibility index (Phi) is 6.16. The average molecular weight is 258 g/mol. The molecule has 0 aliphatic rings. The first-order chi connectivity index (χ1) is 6.85. The van der Waals surface area contributed by atoms with Crippen molar-refractivity contribution in [3.8, 4) is 0 Å². The van der Waals surface area contributed by atoms with Gasteiger partial charge in [0.05, 0.1) is 12.9 Å². The number of methoxy groups -OCH3 is 1. The van der Waals surface area contributed by atoms with Crippen LogP contribution in [0.5, 0.6) is 0 Å². The minimum Gasteiger partial charge on any atom is -0.468 e. The van der Waals surface area contributed by atoms with Crippen LogP contribution in [0.25, 0.3) is 0 Å². The number of esters is 1. The van der Waals surface area contributed by atoms with Crippen LogP contribution in [0.15, 0.2) is 0 Å². The summed E-state index contributed by atoms with van der Waals surface area (Å²) in [6.45, 7) is 3.11. The molecule has 90 valence electrons. The Morgan fingerprint density at radius 2 is 2.00 bits per heavy atom. The fraction of sp³-hybridized carbons (Fsp3) is 0.875. The quantitative estimate of drug-likeness (QED) is 0.512. The molecule has 0 saturated carbocycles. The highest BCUT2D eigenvalue weighted by Crippen LogP contribution is 2.08. The van der Waals surface area contributed by atoms with Crippen LogP contribution in [0.3, 0.4) is 0 Å². The van der Waals surface area contributed by atoms with Crippen molar-refractivity contribution >= 4 is 27.6 Å². The maximum absolute atomic E-state index is 11.7. The van der Waals surface area contributed by atoms with Gasteiger partial charge in [-0.2, -0.15) is 4.31 Å². The lowest BCUT2D eigenvalue weighted by molar-refractivity contribution is -0.141. The fourth-order valence-electron chi connectivity index (χ4n) is 1.01. The zero-order valence-electron chi connectivity index (χ0n) is 9.07. The number of carbonyl (C=O) groups excluding carboxylic acids is 1. The Bertz CT molecular complexity index is 302. The first-order valence-corrected chi connectivity index (χ1v) is 6.61. The molecule has 0 heterocycles. The van der Waals surface area contributed by atoms with Crippen LogP contribution in [0.2, 0.25) is 0 Å². The van der Waals surface area contributed by atoms with Crippen molar-refractivity contribution in [2.45, 2.75) is 19.9 Å². The Hall–Kier alpha value is -0.330. The van der Waals surface area contributed by atoms with E-state index < -0.39 is 16.0 Å². The van der Waals surface area contributed by atoms with Gasteiger partial charge in [0.15, 0.2) is 0 Å². The largest absolute Gasteiger partial charge is 0.468 e. The van der Waals surface area contributed by atoms with Crippen molar-refractivity contribution in [2.75, 3.05) is 25.3 Å². The second kappa shape index (κ2) is 6.30. The van der Waals surface area contributed by atoms with E-state index in [1.807, 2.05) is 0 Å². The summed E-state index contributed by atoms with van der Waals surface area (Å²) in [6, 6.07) is -0.294. The third-order valence-electron chi connectivity index (χ3n) is 1.78. The highest BCUT2D eigenvalue weighted by molar-refractivity contribution is 7.89. The number of sulfonamides is 1. The van der Waals surface area contributed by atoms with Crippen LogP contribution < -0.4 is 0 Å². The van der Waals surface area contributed by atoms with Gasteiger partial charge in [-0.15, -0.1) is 11.6 Å². The summed E-state index contributed by atoms with van der Waals surface area (Å²) in [4.78, 5) is 11.0. The average Bonchev–Trinajstić information content (AvgIpc) is 2.12. The second-order valence-corrected chi connectivity index (χ2v) is 5.64. The monoisotopic (exact) mass is 257 g/mol. The third-order valence-corrected chi connectivity index (χ3v) is 4.18. The number of nitrogens with zero attached hydrogens (tertiary/aromatic N) is 1. The first kappa shape index (κ1) is 14.7. The van der Waals surface area contributed by atoms with E-state index in [-0.39, 0.29) is 24.2 Å². The van der Waals surface area contributed by atoms with Crippen molar-refractivity contribution < 1.29 is 17.9 Å². The number of halogens is 1. The Balaban J connectivity index is 4.74. The fourth-order valence-corrected chi connectivity index (χ4v) is 2.97. The zero-order chi connectivity index (χ0) is 12.1. The number of hydrogen-bond donors (Lipinski definition) is 0. The van der Waals surface area contributed by atoms with Gasteiger partial charge in [-0.05, 0) is 13.8 Å². The van der Waals surface area contributed by atoms with Crippen molar-refractivity contribution in [2.24, 2.45) is 0 Å². The maximum atomic E-state index is 11.7. The Morgan fingerprint density at radius 1 is 1.47 bits per heavy atom. The van der Waals surface area contributed by atoms with Gasteiger partial charge < -0.3 is 4.74 Å². The van der Waals surface area contributed by atoms with Gasteiger partial charge in [0.1, 0.15) is 6.54 Å². The van der Waals surface area contributed by atoms with E-state index in [2.05, 4.69) is 4.74 Å². The minimum absolute atomic E-state index is 0.00667. The molecule has 0 amide bonds. The van der Waals surface area contributed by atoms with E-state index in [4.69, 9.17) is 11.6 Å². The molecule has 0 saturated heterocycles. The van der Waals surface area contributed by atoms with Gasteiger partial charge in [-0.3, -0.25) is 4.79 Å². The SMILES string of the molecule is COC(=O)CN(C(C)C)S(=O)(=O)CCCl. The molecule has 0 bridgehead atoms. The Labute approximate surface area is 95.4 Å². The molecule has 0 aliphatic carbocycles. The van der Waals surface area contributed by atoms with Gasteiger partial charge in [0.25, 0.3) is 0 Å². The normalized spacial score (nSPS) is 12.1. The van der Waals surface area contributed by atoms with Crippen LogP contribution in [0.4, 0.5) is 0 Å². The van der Waals surface area contributed by atoms with Gasteiger partial charge in [0.2, 0.25) is 10.0 Å².